The number of phenols is 1. The zero-order valence-corrected chi connectivity index (χ0v) is 11.2. The van der Waals surface area contributed by atoms with Gasteiger partial charge in [-0.3, -0.25) is 4.79 Å². The molecule has 1 rings (SSSR count). The van der Waals surface area contributed by atoms with E-state index in [1.165, 1.54) is 0 Å². The van der Waals surface area contributed by atoms with Crippen LogP contribution in [0.2, 0.25) is 0 Å². The summed E-state index contributed by atoms with van der Waals surface area (Å²) in [6.07, 6.45) is 0.357. The fourth-order valence-corrected chi connectivity index (χ4v) is 1.43. The molecule has 0 saturated carbocycles. The number of esters is 1. The van der Waals surface area contributed by atoms with E-state index in [4.69, 9.17) is 9.84 Å². The molecule has 0 aliphatic carbocycles. The molecule has 0 aliphatic rings. The summed E-state index contributed by atoms with van der Waals surface area (Å²) in [7, 11) is 0. The molecular weight excluding hydrogens is 230 g/mol. The molecule has 0 saturated heterocycles. The highest BCUT2D eigenvalue weighted by Crippen LogP contribution is 2.09. The van der Waals surface area contributed by atoms with Crippen molar-refractivity contribution in [2.75, 3.05) is 6.54 Å². The van der Waals surface area contributed by atoms with Crippen LogP contribution in [0.25, 0.3) is 0 Å². The third-order valence-corrected chi connectivity index (χ3v) is 2.19. The Labute approximate surface area is 108 Å². The van der Waals surface area contributed by atoms with Gasteiger partial charge in [0.1, 0.15) is 11.4 Å². The van der Waals surface area contributed by atoms with Crippen LogP contribution < -0.4 is 5.32 Å². The maximum absolute atomic E-state index is 11.4. The first-order chi connectivity index (χ1) is 8.37. The van der Waals surface area contributed by atoms with Gasteiger partial charge >= 0.3 is 5.97 Å². The first-order valence-electron chi connectivity index (χ1n) is 6.07. The predicted octanol–water partition coefficient (Wildman–Crippen LogP) is 2.21. The van der Waals surface area contributed by atoms with Gasteiger partial charge in [-0.2, -0.15) is 0 Å². The Morgan fingerprint density at radius 2 is 1.89 bits per heavy atom. The molecule has 4 nitrogen and oxygen atoms in total. The molecule has 0 heterocycles. The van der Waals surface area contributed by atoms with Crippen molar-refractivity contribution in [1.82, 2.24) is 5.32 Å². The number of phenolic OH excluding ortho intramolecular Hbond substituents is 1. The second-order valence-corrected chi connectivity index (χ2v) is 5.18. The van der Waals surface area contributed by atoms with Crippen molar-refractivity contribution in [3.8, 4) is 5.75 Å². The van der Waals surface area contributed by atoms with Gasteiger partial charge in [-0.15, -0.1) is 0 Å². The molecule has 0 fully saturated rings. The number of rotatable bonds is 5. The standard InChI is InChI=1S/C14H21NO3/c1-14(2,3)18-13(17)8-9-15-10-11-4-6-12(16)7-5-11/h4-7,15-16H,8-10H2,1-3H3. The molecule has 0 aromatic heterocycles. The van der Waals surface area contributed by atoms with Crippen molar-refractivity contribution in [2.45, 2.75) is 39.3 Å². The summed E-state index contributed by atoms with van der Waals surface area (Å²) in [5.74, 6) is 0.0632. The minimum atomic E-state index is -0.423. The van der Waals surface area contributed by atoms with Gasteiger partial charge in [-0.25, -0.2) is 0 Å². The number of carbonyl (C=O) groups is 1. The first kappa shape index (κ1) is 14.5. The topological polar surface area (TPSA) is 58.6 Å². The largest absolute Gasteiger partial charge is 0.508 e. The van der Waals surface area contributed by atoms with E-state index in [1.807, 2.05) is 32.9 Å². The molecule has 1 aromatic rings. The van der Waals surface area contributed by atoms with E-state index in [0.717, 1.165) is 5.56 Å². The van der Waals surface area contributed by atoms with Crippen molar-refractivity contribution >= 4 is 5.97 Å². The number of hydrogen-bond acceptors (Lipinski definition) is 4. The lowest BCUT2D eigenvalue weighted by Gasteiger charge is -2.19. The fourth-order valence-electron chi connectivity index (χ4n) is 1.43. The minimum absolute atomic E-state index is 0.194. The molecule has 2 N–H and O–H groups in total. The third-order valence-electron chi connectivity index (χ3n) is 2.19. The van der Waals surface area contributed by atoms with Crippen LogP contribution in [0.15, 0.2) is 24.3 Å². The van der Waals surface area contributed by atoms with Gasteiger partial charge < -0.3 is 15.2 Å². The SMILES string of the molecule is CC(C)(C)OC(=O)CCNCc1ccc(O)cc1. The maximum atomic E-state index is 11.4. The Morgan fingerprint density at radius 3 is 2.44 bits per heavy atom. The second kappa shape index (κ2) is 6.40. The van der Waals surface area contributed by atoms with E-state index in [-0.39, 0.29) is 11.7 Å². The van der Waals surface area contributed by atoms with E-state index in [1.54, 1.807) is 12.1 Å². The molecule has 0 aliphatic heterocycles. The quantitative estimate of drug-likeness (QED) is 0.622. The molecule has 18 heavy (non-hydrogen) atoms. The van der Waals surface area contributed by atoms with Crippen LogP contribution in [0, 0.1) is 0 Å². The van der Waals surface area contributed by atoms with Crippen LogP contribution in [0.1, 0.15) is 32.8 Å². The monoisotopic (exact) mass is 251 g/mol. The molecule has 0 unspecified atom stereocenters. The number of nitrogens with one attached hydrogen (secondary N) is 1. The average Bonchev–Trinajstić information content (AvgIpc) is 2.24. The molecule has 1 aromatic carbocycles. The number of ether oxygens (including phenoxy) is 1. The van der Waals surface area contributed by atoms with Gasteiger partial charge in [0, 0.05) is 13.1 Å². The van der Waals surface area contributed by atoms with Gasteiger partial charge in [0.15, 0.2) is 0 Å². The molecule has 0 atom stereocenters. The van der Waals surface area contributed by atoms with Crippen LogP contribution in [-0.2, 0) is 16.1 Å². The summed E-state index contributed by atoms with van der Waals surface area (Å²) in [6, 6.07) is 6.97. The predicted molar refractivity (Wildman–Crippen MR) is 70.3 cm³/mol. The van der Waals surface area contributed by atoms with Crippen LogP contribution in [0.4, 0.5) is 0 Å². The van der Waals surface area contributed by atoms with Gasteiger partial charge in [0.2, 0.25) is 0 Å². The Morgan fingerprint density at radius 1 is 1.28 bits per heavy atom. The molecule has 100 valence electrons. The highest BCUT2D eigenvalue weighted by atomic mass is 16.6. The van der Waals surface area contributed by atoms with E-state index in [0.29, 0.717) is 19.5 Å². The van der Waals surface area contributed by atoms with Crippen molar-refractivity contribution in [2.24, 2.45) is 0 Å². The van der Waals surface area contributed by atoms with Crippen LogP contribution >= 0.6 is 0 Å². The van der Waals surface area contributed by atoms with Crippen molar-refractivity contribution < 1.29 is 14.6 Å². The van der Waals surface area contributed by atoms with Gasteiger partial charge in [-0.05, 0) is 38.5 Å². The van der Waals surface area contributed by atoms with E-state index in [9.17, 15) is 4.79 Å². The smallest absolute Gasteiger partial charge is 0.307 e. The molecular formula is C14H21NO3. The summed E-state index contributed by atoms with van der Waals surface area (Å²) < 4.78 is 5.19. The third kappa shape index (κ3) is 6.25. The Bertz CT molecular complexity index is 379. The number of hydrogen-bond donors (Lipinski definition) is 2. The summed E-state index contributed by atoms with van der Waals surface area (Å²) >= 11 is 0. The normalized spacial score (nSPS) is 11.3. The van der Waals surface area contributed by atoms with Gasteiger partial charge in [-0.1, -0.05) is 12.1 Å². The highest BCUT2D eigenvalue weighted by Gasteiger charge is 2.15. The van der Waals surface area contributed by atoms with Crippen LogP contribution in [0.5, 0.6) is 5.75 Å². The zero-order chi connectivity index (χ0) is 13.6. The minimum Gasteiger partial charge on any atom is -0.508 e. The van der Waals surface area contributed by atoms with E-state index < -0.39 is 5.60 Å². The lowest BCUT2D eigenvalue weighted by atomic mass is 10.2. The van der Waals surface area contributed by atoms with Crippen LogP contribution in [0.3, 0.4) is 0 Å². The van der Waals surface area contributed by atoms with Gasteiger partial charge in [0.25, 0.3) is 0 Å². The lowest BCUT2D eigenvalue weighted by Crippen LogP contribution is -2.26. The van der Waals surface area contributed by atoms with Crippen molar-refractivity contribution in [1.29, 1.82) is 0 Å². The lowest BCUT2D eigenvalue weighted by molar-refractivity contribution is -0.154. The zero-order valence-electron chi connectivity index (χ0n) is 11.2. The number of benzene rings is 1. The van der Waals surface area contributed by atoms with Gasteiger partial charge in [0.05, 0.1) is 6.42 Å². The maximum Gasteiger partial charge on any atom is 0.307 e. The highest BCUT2D eigenvalue weighted by molar-refractivity contribution is 5.70. The molecule has 0 radical (unpaired) electrons. The fraction of sp³-hybridized carbons (Fsp3) is 0.500. The summed E-state index contributed by atoms with van der Waals surface area (Å²) in [5.41, 5.74) is 0.644. The van der Waals surface area contributed by atoms with Crippen LogP contribution in [-0.4, -0.2) is 23.2 Å². The van der Waals surface area contributed by atoms with Crippen molar-refractivity contribution in [3.05, 3.63) is 29.8 Å². The number of carbonyl (C=O) groups excluding carboxylic acids is 1. The summed E-state index contributed by atoms with van der Waals surface area (Å²) in [5, 5.41) is 12.3. The molecule has 0 spiro atoms. The van der Waals surface area contributed by atoms with E-state index in [2.05, 4.69) is 5.32 Å². The Kier molecular flexibility index (Phi) is 5.16. The molecule has 0 amide bonds. The molecule has 0 bridgehead atoms. The summed E-state index contributed by atoms with van der Waals surface area (Å²) in [4.78, 5) is 11.4. The van der Waals surface area contributed by atoms with E-state index >= 15 is 0 Å². The Balaban J connectivity index is 2.19. The average molecular weight is 251 g/mol. The molecule has 4 heteroatoms. The van der Waals surface area contributed by atoms with Crippen molar-refractivity contribution in [3.63, 3.8) is 0 Å². The number of aromatic hydroxyl groups is 1. The second-order valence-electron chi connectivity index (χ2n) is 5.18. The Hall–Kier alpha value is -1.55. The summed E-state index contributed by atoms with van der Waals surface area (Å²) in [6.45, 7) is 6.82. The first-order valence-corrected chi connectivity index (χ1v) is 6.07.